The van der Waals surface area contributed by atoms with Gasteiger partial charge in [-0.25, -0.2) is 0 Å². The van der Waals surface area contributed by atoms with Crippen LogP contribution in [0.3, 0.4) is 0 Å². The molecule has 3 rings (SSSR count). The van der Waals surface area contributed by atoms with Gasteiger partial charge in [0.05, 0.1) is 6.10 Å². The summed E-state index contributed by atoms with van der Waals surface area (Å²) < 4.78 is 0. The lowest BCUT2D eigenvalue weighted by Gasteiger charge is -2.19. The molecule has 0 amide bonds. The van der Waals surface area contributed by atoms with E-state index in [-0.39, 0.29) is 0 Å². The SMILES string of the molecule is OC1CC(NCc2ccccc2)CCc2ccc(Cl)cc21. The van der Waals surface area contributed by atoms with Gasteiger partial charge in [-0.05, 0) is 48.1 Å². The van der Waals surface area contributed by atoms with Crippen molar-refractivity contribution in [2.24, 2.45) is 0 Å². The van der Waals surface area contributed by atoms with Crippen LogP contribution < -0.4 is 5.32 Å². The first-order valence-electron chi connectivity index (χ1n) is 7.46. The minimum atomic E-state index is -0.436. The molecule has 0 bridgehead atoms. The molecule has 0 aliphatic heterocycles. The van der Waals surface area contributed by atoms with Gasteiger partial charge in [-0.1, -0.05) is 48.0 Å². The third-order valence-corrected chi connectivity index (χ3v) is 4.41. The molecule has 110 valence electrons. The van der Waals surface area contributed by atoms with Gasteiger partial charge in [0.1, 0.15) is 0 Å². The normalized spacial score (nSPS) is 21.6. The van der Waals surface area contributed by atoms with Gasteiger partial charge in [-0.2, -0.15) is 0 Å². The molecule has 0 saturated heterocycles. The molecule has 3 heteroatoms. The van der Waals surface area contributed by atoms with Crippen LogP contribution in [0.15, 0.2) is 48.5 Å². The summed E-state index contributed by atoms with van der Waals surface area (Å²) in [5.41, 5.74) is 3.49. The third-order valence-electron chi connectivity index (χ3n) is 4.17. The van der Waals surface area contributed by atoms with Crippen LogP contribution in [0.25, 0.3) is 0 Å². The molecule has 2 aromatic carbocycles. The number of halogens is 1. The summed E-state index contributed by atoms with van der Waals surface area (Å²) in [5, 5.41) is 14.7. The molecule has 21 heavy (non-hydrogen) atoms. The second-order valence-corrected chi connectivity index (χ2v) is 6.13. The van der Waals surface area contributed by atoms with Crippen molar-refractivity contribution >= 4 is 11.6 Å². The van der Waals surface area contributed by atoms with Crippen LogP contribution in [-0.4, -0.2) is 11.1 Å². The molecular formula is C18H20ClNO. The summed E-state index contributed by atoms with van der Waals surface area (Å²) in [6, 6.07) is 16.6. The standard InChI is InChI=1S/C18H20ClNO/c19-15-8-6-14-7-9-16(11-18(21)17(14)10-15)20-12-13-4-2-1-3-5-13/h1-6,8,10,16,18,20-21H,7,9,11-12H2. The van der Waals surface area contributed by atoms with Gasteiger partial charge in [-0.3, -0.25) is 0 Å². The first-order chi connectivity index (χ1) is 10.2. The minimum Gasteiger partial charge on any atom is -0.388 e. The monoisotopic (exact) mass is 301 g/mol. The number of aliphatic hydroxyl groups excluding tert-OH is 1. The van der Waals surface area contributed by atoms with Gasteiger partial charge >= 0.3 is 0 Å². The van der Waals surface area contributed by atoms with Crippen LogP contribution in [0.1, 0.15) is 35.6 Å². The molecule has 0 fully saturated rings. The highest BCUT2D eigenvalue weighted by Gasteiger charge is 2.22. The van der Waals surface area contributed by atoms with Crippen LogP contribution >= 0.6 is 11.6 Å². The van der Waals surface area contributed by atoms with Gasteiger partial charge in [0.25, 0.3) is 0 Å². The van der Waals surface area contributed by atoms with Crippen LogP contribution in [0, 0.1) is 0 Å². The number of hydrogen-bond donors (Lipinski definition) is 2. The van der Waals surface area contributed by atoms with Crippen molar-refractivity contribution < 1.29 is 5.11 Å². The Morgan fingerprint density at radius 3 is 2.76 bits per heavy atom. The van der Waals surface area contributed by atoms with E-state index in [0.29, 0.717) is 11.1 Å². The van der Waals surface area contributed by atoms with Gasteiger partial charge in [-0.15, -0.1) is 0 Å². The summed E-state index contributed by atoms with van der Waals surface area (Å²) in [6.45, 7) is 0.843. The highest BCUT2D eigenvalue weighted by Crippen LogP contribution is 2.30. The van der Waals surface area contributed by atoms with E-state index in [0.717, 1.165) is 31.4 Å². The van der Waals surface area contributed by atoms with E-state index in [1.807, 2.05) is 24.3 Å². The first-order valence-corrected chi connectivity index (χ1v) is 7.84. The van der Waals surface area contributed by atoms with Gasteiger partial charge in [0.15, 0.2) is 0 Å². The number of hydrogen-bond acceptors (Lipinski definition) is 2. The molecule has 2 nitrogen and oxygen atoms in total. The van der Waals surface area contributed by atoms with Gasteiger partial charge < -0.3 is 10.4 Å². The Labute approximate surface area is 130 Å². The predicted octanol–water partition coefficient (Wildman–Crippen LogP) is 3.87. The molecule has 1 aliphatic carbocycles. The fraction of sp³-hybridized carbons (Fsp3) is 0.333. The quantitative estimate of drug-likeness (QED) is 0.844. The Balaban J connectivity index is 1.66. The average molecular weight is 302 g/mol. The van der Waals surface area contributed by atoms with Crippen molar-refractivity contribution in [1.29, 1.82) is 0 Å². The van der Waals surface area contributed by atoms with Crippen molar-refractivity contribution in [2.45, 2.75) is 38.0 Å². The lowest BCUT2D eigenvalue weighted by atomic mass is 10.0. The van der Waals surface area contributed by atoms with Gasteiger partial charge in [0.2, 0.25) is 0 Å². The Bertz CT molecular complexity index is 599. The summed E-state index contributed by atoms with van der Waals surface area (Å²) in [7, 11) is 0. The molecule has 2 aromatic rings. The van der Waals surface area contributed by atoms with E-state index in [4.69, 9.17) is 11.6 Å². The van der Waals surface area contributed by atoms with Crippen LogP contribution in [0.2, 0.25) is 5.02 Å². The molecule has 0 radical (unpaired) electrons. The summed E-state index contributed by atoms with van der Waals surface area (Å²) in [5.74, 6) is 0. The van der Waals surface area contributed by atoms with E-state index in [9.17, 15) is 5.11 Å². The van der Waals surface area contributed by atoms with Crippen molar-refractivity contribution in [3.05, 3.63) is 70.2 Å². The fourth-order valence-electron chi connectivity index (χ4n) is 2.99. The summed E-state index contributed by atoms with van der Waals surface area (Å²) in [4.78, 5) is 0. The second kappa shape index (κ2) is 6.61. The highest BCUT2D eigenvalue weighted by molar-refractivity contribution is 6.30. The predicted molar refractivity (Wildman–Crippen MR) is 86.4 cm³/mol. The second-order valence-electron chi connectivity index (χ2n) is 5.70. The molecule has 1 aliphatic rings. The van der Waals surface area contributed by atoms with E-state index in [1.165, 1.54) is 11.1 Å². The van der Waals surface area contributed by atoms with E-state index in [1.54, 1.807) is 0 Å². The van der Waals surface area contributed by atoms with Crippen LogP contribution in [0.4, 0.5) is 0 Å². The molecular weight excluding hydrogens is 282 g/mol. The zero-order valence-corrected chi connectivity index (χ0v) is 12.7. The molecule has 0 spiro atoms. The van der Waals surface area contributed by atoms with E-state index < -0.39 is 6.10 Å². The third kappa shape index (κ3) is 3.65. The maximum atomic E-state index is 10.4. The maximum absolute atomic E-state index is 10.4. The number of nitrogens with one attached hydrogen (secondary N) is 1. The lowest BCUT2D eigenvalue weighted by Crippen LogP contribution is -2.29. The highest BCUT2D eigenvalue weighted by atomic mass is 35.5. The number of rotatable bonds is 3. The first kappa shape index (κ1) is 14.6. The van der Waals surface area contributed by atoms with Crippen molar-refractivity contribution in [1.82, 2.24) is 5.32 Å². The smallest absolute Gasteiger partial charge is 0.0808 e. The largest absolute Gasteiger partial charge is 0.388 e. The van der Waals surface area contributed by atoms with Crippen molar-refractivity contribution in [3.63, 3.8) is 0 Å². The topological polar surface area (TPSA) is 32.3 Å². The average Bonchev–Trinajstić information content (AvgIpc) is 2.66. The van der Waals surface area contributed by atoms with Gasteiger partial charge in [0, 0.05) is 17.6 Å². The molecule has 0 heterocycles. The van der Waals surface area contributed by atoms with Crippen LogP contribution in [0.5, 0.6) is 0 Å². The minimum absolute atomic E-state index is 0.325. The molecule has 0 aromatic heterocycles. The fourth-order valence-corrected chi connectivity index (χ4v) is 3.17. The molecule has 2 atom stereocenters. The molecule has 0 saturated carbocycles. The number of fused-ring (bicyclic) bond motifs is 1. The number of benzene rings is 2. The number of aryl methyl sites for hydroxylation is 1. The zero-order chi connectivity index (χ0) is 14.7. The molecule has 2 N–H and O–H groups in total. The lowest BCUT2D eigenvalue weighted by molar-refractivity contribution is 0.153. The molecule has 2 unspecified atom stereocenters. The Kier molecular flexibility index (Phi) is 4.59. The van der Waals surface area contributed by atoms with E-state index >= 15 is 0 Å². The van der Waals surface area contributed by atoms with Crippen LogP contribution in [-0.2, 0) is 13.0 Å². The van der Waals surface area contributed by atoms with E-state index in [2.05, 4.69) is 29.6 Å². The Morgan fingerprint density at radius 1 is 1.14 bits per heavy atom. The summed E-state index contributed by atoms with van der Waals surface area (Å²) >= 11 is 6.05. The van der Waals surface area contributed by atoms with Crippen molar-refractivity contribution in [3.8, 4) is 0 Å². The zero-order valence-electron chi connectivity index (χ0n) is 11.9. The Morgan fingerprint density at radius 2 is 1.95 bits per heavy atom. The Hall–Kier alpha value is -1.35. The maximum Gasteiger partial charge on any atom is 0.0808 e. The number of aliphatic hydroxyl groups is 1. The van der Waals surface area contributed by atoms with Crippen molar-refractivity contribution in [2.75, 3.05) is 0 Å². The summed E-state index contributed by atoms with van der Waals surface area (Å²) in [6.07, 6.45) is 2.32.